The normalized spacial score (nSPS) is 9.44. The molecule has 6 heteroatoms. The molecule has 16 heavy (non-hydrogen) atoms. The number of methoxy groups -OCH3 is 2. The molecule has 0 aliphatic carbocycles. The van der Waals surface area contributed by atoms with E-state index in [1.807, 2.05) is 0 Å². The van der Waals surface area contributed by atoms with Gasteiger partial charge in [0.2, 0.25) is 0 Å². The van der Waals surface area contributed by atoms with Crippen LogP contribution in [0.3, 0.4) is 0 Å². The minimum atomic E-state index is -1.02. The Kier molecular flexibility index (Phi) is 3.82. The summed E-state index contributed by atoms with van der Waals surface area (Å²) in [5.41, 5.74) is 0.244. The van der Waals surface area contributed by atoms with E-state index in [-0.39, 0.29) is 11.4 Å². The third-order valence-corrected chi connectivity index (χ3v) is 1.78. The predicted molar refractivity (Wildman–Crippen MR) is 53.6 cm³/mol. The van der Waals surface area contributed by atoms with Crippen molar-refractivity contribution >= 4 is 17.6 Å². The van der Waals surface area contributed by atoms with Gasteiger partial charge in [-0.25, -0.2) is 9.18 Å². The Labute approximate surface area is 91.2 Å². The maximum atomic E-state index is 13.0. The molecule has 1 aromatic carbocycles. The van der Waals surface area contributed by atoms with E-state index in [0.717, 1.165) is 13.2 Å². The second-order valence-corrected chi connectivity index (χ2v) is 2.80. The molecular formula is C10H10FNO4. The van der Waals surface area contributed by atoms with Crippen molar-refractivity contribution in [2.45, 2.75) is 0 Å². The van der Waals surface area contributed by atoms with E-state index in [1.165, 1.54) is 19.2 Å². The number of anilines is 1. The number of carbonyl (C=O) groups is 2. The molecular weight excluding hydrogens is 217 g/mol. The zero-order valence-electron chi connectivity index (χ0n) is 8.74. The van der Waals surface area contributed by atoms with Crippen molar-refractivity contribution in [1.82, 2.24) is 0 Å². The molecule has 0 fully saturated rings. The number of hydrogen-bond donors (Lipinski definition) is 1. The van der Waals surface area contributed by atoms with Crippen molar-refractivity contribution in [1.29, 1.82) is 0 Å². The fourth-order valence-corrected chi connectivity index (χ4v) is 1.01. The van der Waals surface area contributed by atoms with Gasteiger partial charge in [0.25, 0.3) is 0 Å². The number of benzene rings is 1. The van der Waals surface area contributed by atoms with Crippen LogP contribution in [0.25, 0.3) is 0 Å². The fraction of sp³-hybridized carbons (Fsp3) is 0.200. The van der Waals surface area contributed by atoms with Gasteiger partial charge in [0.05, 0.1) is 14.2 Å². The van der Waals surface area contributed by atoms with Gasteiger partial charge < -0.3 is 14.8 Å². The third kappa shape index (κ3) is 2.69. The Morgan fingerprint density at radius 1 is 1.31 bits per heavy atom. The van der Waals surface area contributed by atoms with Crippen LogP contribution in [0.2, 0.25) is 0 Å². The molecule has 1 aromatic rings. The highest BCUT2D eigenvalue weighted by molar-refractivity contribution is 6.37. The number of halogens is 1. The van der Waals surface area contributed by atoms with Crippen molar-refractivity contribution < 1.29 is 23.5 Å². The Morgan fingerprint density at radius 2 is 2.00 bits per heavy atom. The molecule has 0 aliphatic heterocycles. The van der Waals surface area contributed by atoms with E-state index >= 15 is 0 Å². The van der Waals surface area contributed by atoms with Crippen molar-refractivity contribution in [2.24, 2.45) is 0 Å². The predicted octanol–water partition coefficient (Wildman–Crippen LogP) is 0.946. The molecule has 86 valence electrons. The molecule has 0 bridgehead atoms. The minimum Gasteiger partial charge on any atom is -0.494 e. The fourth-order valence-electron chi connectivity index (χ4n) is 1.01. The highest BCUT2D eigenvalue weighted by Crippen LogP contribution is 2.21. The van der Waals surface area contributed by atoms with E-state index in [0.29, 0.717) is 0 Å². The largest absolute Gasteiger partial charge is 0.494 e. The summed E-state index contributed by atoms with van der Waals surface area (Å²) in [5, 5.41) is 2.23. The quantitative estimate of drug-likeness (QED) is 0.603. The van der Waals surface area contributed by atoms with E-state index in [2.05, 4.69) is 10.1 Å². The smallest absolute Gasteiger partial charge is 0.396 e. The molecule has 5 nitrogen and oxygen atoms in total. The Hall–Kier alpha value is -2.11. The van der Waals surface area contributed by atoms with Gasteiger partial charge in [-0.05, 0) is 12.1 Å². The van der Waals surface area contributed by atoms with Crippen LogP contribution >= 0.6 is 0 Å². The van der Waals surface area contributed by atoms with Gasteiger partial charge in [-0.15, -0.1) is 0 Å². The SMILES string of the molecule is COC(=O)C(=O)Nc1ccc(F)c(OC)c1. The first-order valence-electron chi connectivity index (χ1n) is 4.31. The number of nitrogens with one attached hydrogen (secondary N) is 1. The van der Waals surface area contributed by atoms with E-state index < -0.39 is 17.7 Å². The molecule has 0 saturated carbocycles. The summed E-state index contributed by atoms with van der Waals surface area (Å²) in [6.45, 7) is 0. The molecule has 0 radical (unpaired) electrons. The average molecular weight is 227 g/mol. The van der Waals surface area contributed by atoms with Crippen LogP contribution in [0.15, 0.2) is 18.2 Å². The van der Waals surface area contributed by atoms with Crippen molar-refractivity contribution in [2.75, 3.05) is 19.5 Å². The number of rotatable bonds is 2. The summed E-state index contributed by atoms with van der Waals surface area (Å²) < 4.78 is 21.9. The standard InChI is InChI=1S/C10H10FNO4/c1-15-8-5-6(3-4-7(8)11)12-9(13)10(14)16-2/h3-5H,1-2H3,(H,12,13). The molecule has 1 N–H and O–H groups in total. The van der Waals surface area contributed by atoms with Crippen molar-refractivity contribution in [3.05, 3.63) is 24.0 Å². The zero-order valence-corrected chi connectivity index (χ0v) is 8.74. The lowest BCUT2D eigenvalue weighted by Gasteiger charge is -2.06. The van der Waals surface area contributed by atoms with E-state index in [9.17, 15) is 14.0 Å². The molecule has 0 unspecified atom stereocenters. The molecule has 1 amide bonds. The Bertz CT molecular complexity index is 419. The van der Waals surface area contributed by atoms with Gasteiger partial charge in [0.15, 0.2) is 11.6 Å². The number of amides is 1. The lowest BCUT2D eigenvalue weighted by Crippen LogP contribution is -2.23. The highest BCUT2D eigenvalue weighted by atomic mass is 19.1. The molecule has 0 aliphatic rings. The minimum absolute atomic E-state index is 0.0253. The maximum absolute atomic E-state index is 13.0. The van der Waals surface area contributed by atoms with Crippen LogP contribution in [0.1, 0.15) is 0 Å². The maximum Gasteiger partial charge on any atom is 0.396 e. The van der Waals surface area contributed by atoms with Gasteiger partial charge in [-0.2, -0.15) is 0 Å². The Balaban J connectivity index is 2.82. The van der Waals surface area contributed by atoms with E-state index in [4.69, 9.17) is 4.74 Å². The number of hydrogen-bond acceptors (Lipinski definition) is 4. The summed E-state index contributed by atoms with van der Waals surface area (Å²) in [5.74, 6) is -2.54. The lowest BCUT2D eigenvalue weighted by molar-refractivity contribution is -0.150. The summed E-state index contributed by atoms with van der Waals surface area (Å²) in [7, 11) is 2.39. The van der Waals surface area contributed by atoms with Crippen LogP contribution in [-0.2, 0) is 14.3 Å². The molecule has 0 saturated heterocycles. The summed E-state index contributed by atoms with van der Waals surface area (Å²) in [6.07, 6.45) is 0. The van der Waals surface area contributed by atoms with Crippen LogP contribution in [0.5, 0.6) is 5.75 Å². The van der Waals surface area contributed by atoms with Crippen LogP contribution in [0.4, 0.5) is 10.1 Å². The molecule has 0 heterocycles. The first-order valence-corrected chi connectivity index (χ1v) is 4.31. The highest BCUT2D eigenvalue weighted by Gasteiger charge is 2.14. The van der Waals surface area contributed by atoms with Gasteiger partial charge in [0.1, 0.15) is 0 Å². The van der Waals surface area contributed by atoms with E-state index in [1.54, 1.807) is 0 Å². The molecule has 0 atom stereocenters. The average Bonchev–Trinajstić information content (AvgIpc) is 2.30. The number of carbonyl (C=O) groups excluding carboxylic acids is 2. The molecule has 0 aromatic heterocycles. The monoisotopic (exact) mass is 227 g/mol. The zero-order chi connectivity index (χ0) is 12.1. The summed E-state index contributed by atoms with van der Waals surface area (Å²) in [4.78, 5) is 21.9. The molecule has 1 rings (SSSR count). The number of ether oxygens (including phenoxy) is 2. The van der Waals surface area contributed by atoms with Gasteiger partial charge >= 0.3 is 11.9 Å². The van der Waals surface area contributed by atoms with Crippen molar-refractivity contribution in [3.8, 4) is 5.75 Å². The summed E-state index contributed by atoms with van der Waals surface area (Å²) >= 11 is 0. The van der Waals surface area contributed by atoms with Crippen molar-refractivity contribution in [3.63, 3.8) is 0 Å². The van der Waals surface area contributed by atoms with Crippen LogP contribution in [-0.4, -0.2) is 26.1 Å². The van der Waals surface area contributed by atoms with Crippen LogP contribution in [0, 0.1) is 5.82 Å². The third-order valence-electron chi connectivity index (χ3n) is 1.78. The number of esters is 1. The second kappa shape index (κ2) is 5.11. The lowest BCUT2D eigenvalue weighted by atomic mass is 10.3. The topological polar surface area (TPSA) is 64.6 Å². The molecule has 0 spiro atoms. The summed E-state index contributed by atoms with van der Waals surface area (Å²) in [6, 6.07) is 3.68. The Morgan fingerprint density at radius 3 is 2.56 bits per heavy atom. The second-order valence-electron chi connectivity index (χ2n) is 2.80. The van der Waals surface area contributed by atoms with Crippen LogP contribution < -0.4 is 10.1 Å². The van der Waals surface area contributed by atoms with Gasteiger partial charge in [-0.3, -0.25) is 4.79 Å². The van der Waals surface area contributed by atoms with Gasteiger partial charge in [-0.1, -0.05) is 0 Å². The first kappa shape index (κ1) is 12.0. The first-order chi connectivity index (χ1) is 7.58. The van der Waals surface area contributed by atoms with Gasteiger partial charge in [0, 0.05) is 11.8 Å².